The minimum Gasteiger partial charge on any atom is -0.392 e. The van der Waals surface area contributed by atoms with E-state index in [2.05, 4.69) is 5.32 Å². The summed E-state index contributed by atoms with van der Waals surface area (Å²) >= 11 is 0. The summed E-state index contributed by atoms with van der Waals surface area (Å²) in [6, 6.07) is -0.399. The van der Waals surface area contributed by atoms with Gasteiger partial charge in [0.1, 0.15) is 0 Å². The van der Waals surface area contributed by atoms with Crippen molar-refractivity contribution in [2.24, 2.45) is 17.1 Å². The van der Waals surface area contributed by atoms with E-state index < -0.39 is 6.04 Å². The largest absolute Gasteiger partial charge is 0.392 e. The van der Waals surface area contributed by atoms with Gasteiger partial charge in [0.2, 0.25) is 5.91 Å². The molecule has 4 N–H and O–H groups in total. The summed E-state index contributed by atoms with van der Waals surface area (Å²) in [5.74, 6) is 0.0902. The summed E-state index contributed by atoms with van der Waals surface area (Å²) in [5, 5.41) is 12.5. The quantitative estimate of drug-likeness (QED) is 0.661. The number of carbonyl (C=O) groups excluding carboxylic acids is 1. The summed E-state index contributed by atoms with van der Waals surface area (Å²) in [4.78, 5) is 11.8. The number of aliphatic hydroxyl groups excluding tert-OH is 1. The van der Waals surface area contributed by atoms with Gasteiger partial charge in [0.25, 0.3) is 0 Å². The fourth-order valence-electron chi connectivity index (χ4n) is 1.93. The topological polar surface area (TPSA) is 75.4 Å². The van der Waals surface area contributed by atoms with Gasteiger partial charge in [0, 0.05) is 11.5 Å². The number of hydrogen-bond donors (Lipinski definition) is 3. The lowest BCUT2D eigenvalue weighted by Gasteiger charge is -2.49. The first-order chi connectivity index (χ1) is 7.30. The van der Waals surface area contributed by atoms with E-state index in [0.717, 1.165) is 6.42 Å². The van der Waals surface area contributed by atoms with Crippen LogP contribution < -0.4 is 11.1 Å². The number of nitrogens with two attached hydrogens (primary N) is 1. The molecule has 94 valence electrons. The number of rotatable bonds is 4. The molecule has 1 rings (SSSR count). The monoisotopic (exact) mass is 228 g/mol. The number of aliphatic hydroxyl groups is 1. The summed E-state index contributed by atoms with van der Waals surface area (Å²) in [6.07, 6.45) is 1.20. The van der Waals surface area contributed by atoms with E-state index in [4.69, 9.17) is 5.73 Å². The van der Waals surface area contributed by atoms with E-state index in [9.17, 15) is 9.90 Å². The SMILES string of the molecule is CCC(C)[C@H](N)C(=O)NC1CC(O)C1(C)C. The van der Waals surface area contributed by atoms with E-state index in [1.807, 2.05) is 27.7 Å². The fourth-order valence-corrected chi connectivity index (χ4v) is 1.93. The van der Waals surface area contributed by atoms with E-state index in [0.29, 0.717) is 6.42 Å². The zero-order valence-corrected chi connectivity index (χ0v) is 10.7. The molecule has 1 aliphatic rings. The molecule has 0 radical (unpaired) electrons. The van der Waals surface area contributed by atoms with Crippen molar-refractivity contribution in [1.82, 2.24) is 5.32 Å². The van der Waals surface area contributed by atoms with E-state index in [1.165, 1.54) is 0 Å². The van der Waals surface area contributed by atoms with Gasteiger partial charge in [-0.2, -0.15) is 0 Å². The molecule has 0 aromatic heterocycles. The highest BCUT2D eigenvalue weighted by atomic mass is 16.3. The first-order valence-corrected chi connectivity index (χ1v) is 6.04. The third kappa shape index (κ3) is 2.38. The van der Waals surface area contributed by atoms with Gasteiger partial charge in [-0.1, -0.05) is 34.1 Å². The normalized spacial score (nSPS) is 31.4. The van der Waals surface area contributed by atoms with Crippen LogP contribution in [0.15, 0.2) is 0 Å². The average Bonchev–Trinajstić information content (AvgIpc) is 2.26. The van der Waals surface area contributed by atoms with Crippen LogP contribution in [-0.2, 0) is 4.79 Å². The number of hydrogen-bond acceptors (Lipinski definition) is 3. The Labute approximate surface area is 97.6 Å². The van der Waals surface area contributed by atoms with Gasteiger partial charge in [-0.15, -0.1) is 0 Å². The second kappa shape index (κ2) is 4.72. The van der Waals surface area contributed by atoms with Crippen LogP contribution in [0.4, 0.5) is 0 Å². The summed E-state index contributed by atoms with van der Waals surface area (Å²) in [6.45, 7) is 7.92. The molecule has 0 saturated heterocycles. The molecule has 0 aromatic rings. The third-order valence-corrected chi connectivity index (χ3v) is 4.09. The van der Waals surface area contributed by atoms with E-state index in [1.54, 1.807) is 0 Å². The molecule has 1 saturated carbocycles. The van der Waals surface area contributed by atoms with Crippen molar-refractivity contribution in [3.8, 4) is 0 Å². The Hall–Kier alpha value is -0.610. The van der Waals surface area contributed by atoms with Gasteiger partial charge in [-0.05, 0) is 12.3 Å². The van der Waals surface area contributed by atoms with E-state index >= 15 is 0 Å². The molecule has 0 bridgehead atoms. The molecule has 1 fully saturated rings. The first-order valence-electron chi connectivity index (χ1n) is 6.04. The molecule has 0 aliphatic heterocycles. The number of carbonyl (C=O) groups is 1. The van der Waals surface area contributed by atoms with Crippen LogP contribution in [0.1, 0.15) is 40.5 Å². The Morgan fingerprint density at radius 2 is 2.19 bits per heavy atom. The summed E-state index contributed by atoms with van der Waals surface area (Å²) < 4.78 is 0. The highest BCUT2D eigenvalue weighted by Gasteiger charge is 2.48. The lowest BCUT2D eigenvalue weighted by Crippen LogP contribution is -2.63. The van der Waals surface area contributed by atoms with Gasteiger partial charge in [0.05, 0.1) is 12.1 Å². The molecule has 1 aliphatic carbocycles. The Morgan fingerprint density at radius 1 is 1.62 bits per heavy atom. The molecule has 4 heteroatoms. The van der Waals surface area contributed by atoms with Crippen LogP contribution in [0.5, 0.6) is 0 Å². The molecule has 0 heterocycles. The maximum absolute atomic E-state index is 11.8. The number of nitrogens with one attached hydrogen (secondary N) is 1. The predicted octanol–water partition coefficient (Wildman–Crippen LogP) is 0.635. The standard InChI is InChI=1S/C12H24N2O2/c1-5-7(2)10(13)11(16)14-8-6-9(15)12(8,3)4/h7-10,15H,5-6,13H2,1-4H3,(H,14,16)/t7?,8?,9?,10-/m0/s1. The molecule has 0 spiro atoms. The maximum Gasteiger partial charge on any atom is 0.237 e. The average molecular weight is 228 g/mol. The zero-order valence-electron chi connectivity index (χ0n) is 10.7. The van der Waals surface area contributed by atoms with Crippen molar-refractivity contribution in [1.29, 1.82) is 0 Å². The fraction of sp³-hybridized carbons (Fsp3) is 0.917. The highest BCUT2D eigenvalue weighted by molar-refractivity contribution is 5.82. The Bertz CT molecular complexity index is 266. The molecule has 4 atom stereocenters. The molecule has 4 nitrogen and oxygen atoms in total. The van der Waals surface area contributed by atoms with Crippen molar-refractivity contribution in [3.63, 3.8) is 0 Å². The van der Waals surface area contributed by atoms with Crippen molar-refractivity contribution in [2.75, 3.05) is 0 Å². The lowest BCUT2D eigenvalue weighted by molar-refractivity contribution is -0.131. The molecule has 0 aromatic carbocycles. The molecule has 1 amide bonds. The number of amides is 1. The van der Waals surface area contributed by atoms with Crippen LogP contribution in [0, 0.1) is 11.3 Å². The maximum atomic E-state index is 11.8. The molecular weight excluding hydrogens is 204 g/mol. The van der Waals surface area contributed by atoms with Crippen molar-refractivity contribution in [3.05, 3.63) is 0 Å². The van der Waals surface area contributed by atoms with E-state index in [-0.39, 0.29) is 29.4 Å². The van der Waals surface area contributed by atoms with Gasteiger partial charge < -0.3 is 16.2 Å². The summed E-state index contributed by atoms with van der Waals surface area (Å²) in [7, 11) is 0. The lowest BCUT2D eigenvalue weighted by atomic mass is 9.64. The Balaban J connectivity index is 2.47. The zero-order chi connectivity index (χ0) is 12.5. The molecule has 16 heavy (non-hydrogen) atoms. The Morgan fingerprint density at radius 3 is 2.56 bits per heavy atom. The smallest absolute Gasteiger partial charge is 0.237 e. The van der Waals surface area contributed by atoms with Gasteiger partial charge in [0.15, 0.2) is 0 Å². The van der Waals surface area contributed by atoms with Crippen LogP contribution in [0.2, 0.25) is 0 Å². The second-order valence-electron chi connectivity index (χ2n) is 5.55. The van der Waals surface area contributed by atoms with Crippen LogP contribution >= 0.6 is 0 Å². The second-order valence-corrected chi connectivity index (χ2v) is 5.55. The van der Waals surface area contributed by atoms with Crippen LogP contribution in [0.25, 0.3) is 0 Å². The highest BCUT2D eigenvalue weighted by Crippen LogP contribution is 2.40. The van der Waals surface area contributed by atoms with Gasteiger partial charge in [-0.25, -0.2) is 0 Å². The van der Waals surface area contributed by atoms with Crippen molar-refractivity contribution < 1.29 is 9.90 Å². The summed E-state index contributed by atoms with van der Waals surface area (Å²) in [5.41, 5.74) is 5.62. The van der Waals surface area contributed by atoms with Gasteiger partial charge in [-0.3, -0.25) is 4.79 Å². The van der Waals surface area contributed by atoms with Gasteiger partial charge >= 0.3 is 0 Å². The first kappa shape index (κ1) is 13.5. The predicted molar refractivity (Wildman–Crippen MR) is 63.8 cm³/mol. The minimum absolute atomic E-state index is 0.0464. The third-order valence-electron chi connectivity index (χ3n) is 4.09. The van der Waals surface area contributed by atoms with Crippen molar-refractivity contribution >= 4 is 5.91 Å². The van der Waals surface area contributed by atoms with Crippen LogP contribution in [0.3, 0.4) is 0 Å². The molecular formula is C12H24N2O2. The van der Waals surface area contributed by atoms with Crippen LogP contribution in [-0.4, -0.2) is 29.2 Å². The van der Waals surface area contributed by atoms with Crippen molar-refractivity contribution in [2.45, 2.75) is 58.7 Å². The molecule has 3 unspecified atom stereocenters. The minimum atomic E-state index is -0.446. The Kier molecular flexibility index (Phi) is 3.97.